The molecule has 0 bridgehead atoms. The fourth-order valence-electron chi connectivity index (χ4n) is 1.78. The molecule has 20 heavy (non-hydrogen) atoms. The first kappa shape index (κ1) is 15.1. The number of halogens is 1. The van der Waals surface area contributed by atoms with Crippen LogP contribution in [-0.2, 0) is 4.79 Å². The predicted octanol–water partition coefficient (Wildman–Crippen LogP) is 5.03. The Morgan fingerprint density at radius 3 is 2.40 bits per heavy atom. The molecule has 2 N–H and O–H groups in total. The molecule has 1 atom stereocenters. The molecule has 0 spiro atoms. The van der Waals surface area contributed by atoms with E-state index in [0.29, 0.717) is 6.42 Å². The normalized spacial score (nSPS) is 11.9. The third-order valence-corrected chi connectivity index (χ3v) is 4.70. The van der Waals surface area contributed by atoms with E-state index >= 15 is 0 Å². The quantitative estimate of drug-likeness (QED) is 0.791. The van der Waals surface area contributed by atoms with E-state index in [1.165, 1.54) is 4.88 Å². The van der Waals surface area contributed by atoms with Crippen LogP contribution in [0.3, 0.4) is 0 Å². The van der Waals surface area contributed by atoms with Gasteiger partial charge in [0, 0.05) is 22.7 Å². The Hall–Kier alpha value is -1.33. The van der Waals surface area contributed by atoms with E-state index in [-0.39, 0.29) is 11.9 Å². The summed E-state index contributed by atoms with van der Waals surface area (Å²) in [5.41, 5.74) is 1.87. The summed E-state index contributed by atoms with van der Waals surface area (Å²) in [4.78, 5) is 12.6. The zero-order valence-electron chi connectivity index (χ0n) is 11.4. The smallest absolute Gasteiger partial charge is 0.224 e. The van der Waals surface area contributed by atoms with Crippen LogP contribution in [0.2, 0.25) is 0 Å². The van der Waals surface area contributed by atoms with Crippen molar-refractivity contribution >= 4 is 44.5 Å². The lowest BCUT2D eigenvalue weighted by Crippen LogP contribution is -2.09. The summed E-state index contributed by atoms with van der Waals surface area (Å²) >= 11 is 5.20. The van der Waals surface area contributed by atoms with E-state index < -0.39 is 0 Å². The minimum Gasteiger partial charge on any atom is -0.378 e. The van der Waals surface area contributed by atoms with E-state index in [2.05, 4.69) is 45.6 Å². The van der Waals surface area contributed by atoms with Crippen molar-refractivity contribution < 1.29 is 4.79 Å². The summed E-state index contributed by atoms with van der Waals surface area (Å²) in [5, 5.41) is 6.28. The van der Waals surface area contributed by atoms with Gasteiger partial charge >= 0.3 is 0 Å². The maximum atomic E-state index is 11.3. The van der Waals surface area contributed by atoms with Crippen molar-refractivity contribution in [1.29, 1.82) is 0 Å². The van der Waals surface area contributed by atoms with Gasteiger partial charge in [-0.2, -0.15) is 0 Å². The molecule has 0 fully saturated rings. The number of rotatable bonds is 5. The minimum absolute atomic E-state index is 0.0301. The number of nitrogens with one attached hydrogen (secondary N) is 2. The van der Waals surface area contributed by atoms with E-state index in [1.807, 2.05) is 31.2 Å². The zero-order chi connectivity index (χ0) is 14.5. The van der Waals surface area contributed by atoms with Gasteiger partial charge < -0.3 is 10.6 Å². The first-order valence-electron chi connectivity index (χ1n) is 6.50. The molecule has 1 aromatic carbocycles. The van der Waals surface area contributed by atoms with Crippen LogP contribution in [0.4, 0.5) is 11.4 Å². The molecular weight excluding hydrogens is 336 g/mol. The summed E-state index contributed by atoms with van der Waals surface area (Å²) < 4.78 is 1.14. The Kier molecular flexibility index (Phi) is 5.20. The summed E-state index contributed by atoms with van der Waals surface area (Å²) in [7, 11) is 0. The van der Waals surface area contributed by atoms with Crippen LogP contribution < -0.4 is 10.6 Å². The number of thiophene rings is 1. The third kappa shape index (κ3) is 4.08. The van der Waals surface area contributed by atoms with E-state index in [9.17, 15) is 4.79 Å². The minimum atomic E-state index is 0.0301. The molecule has 3 nitrogen and oxygen atoms in total. The molecule has 2 rings (SSSR count). The fourth-order valence-corrected chi connectivity index (χ4v) is 3.21. The van der Waals surface area contributed by atoms with Gasteiger partial charge in [0.25, 0.3) is 0 Å². The Morgan fingerprint density at radius 1 is 1.20 bits per heavy atom. The summed E-state index contributed by atoms with van der Waals surface area (Å²) in [6.07, 6.45) is 0.490. The number of hydrogen-bond acceptors (Lipinski definition) is 3. The summed E-state index contributed by atoms with van der Waals surface area (Å²) in [6, 6.07) is 12.2. The molecule has 1 amide bonds. The molecule has 0 saturated heterocycles. The van der Waals surface area contributed by atoms with Gasteiger partial charge in [-0.25, -0.2) is 0 Å². The Bertz CT molecular complexity index is 580. The second-order valence-electron chi connectivity index (χ2n) is 4.49. The van der Waals surface area contributed by atoms with Crippen LogP contribution in [0.1, 0.15) is 31.2 Å². The molecule has 0 aliphatic heterocycles. The van der Waals surface area contributed by atoms with Crippen LogP contribution in [-0.4, -0.2) is 5.91 Å². The molecule has 5 heteroatoms. The lowest BCUT2D eigenvalue weighted by Gasteiger charge is -2.14. The van der Waals surface area contributed by atoms with Crippen LogP contribution in [0, 0.1) is 0 Å². The van der Waals surface area contributed by atoms with Gasteiger partial charge in [0.05, 0.1) is 9.83 Å². The highest BCUT2D eigenvalue weighted by Crippen LogP contribution is 2.29. The molecule has 106 valence electrons. The molecule has 2 aromatic rings. The van der Waals surface area contributed by atoms with E-state index in [1.54, 1.807) is 11.3 Å². The van der Waals surface area contributed by atoms with Crippen LogP contribution in [0.25, 0.3) is 0 Å². The summed E-state index contributed by atoms with van der Waals surface area (Å²) in [5.74, 6) is 0.0301. The first-order valence-corrected chi connectivity index (χ1v) is 8.11. The van der Waals surface area contributed by atoms with Crippen molar-refractivity contribution in [3.05, 3.63) is 45.1 Å². The van der Waals surface area contributed by atoms with Crippen molar-refractivity contribution in [2.75, 3.05) is 10.6 Å². The van der Waals surface area contributed by atoms with Gasteiger partial charge in [0.1, 0.15) is 0 Å². The highest BCUT2D eigenvalue weighted by atomic mass is 79.9. The fraction of sp³-hybridized carbons (Fsp3) is 0.267. The number of benzene rings is 1. The molecule has 1 aromatic heterocycles. The van der Waals surface area contributed by atoms with Crippen molar-refractivity contribution in [2.24, 2.45) is 0 Å². The topological polar surface area (TPSA) is 41.1 Å². The summed E-state index contributed by atoms with van der Waals surface area (Å²) in [6.45, 7) is 3.97. The van der Waals surface area contributed by atoms with Gasteiger partial charge in [-0.1, -0.05) is 6.92 Å². The maximum Gasteiger partial charge on any atom is 0.224 e. The average Bonchev–Trinajstić information content (AvgIpc) is 2.87. The average molecular weight is 353 g/mol. The predicted molar refractivity (Wildman–Crippen MR) is 89.4 cm³/mol. The van der Waals surface area contributed by atoms with Crippen LogP contribution >= 0.6 is 27.3 Å². The van der Waals surface area contributed by atoms with E-state index in [4.69, 9.17) is 0 Å². The van der Waals surface area contributed by atoms with Crippen molar-refractivity contribution in [3.63, 3.8) is 0 Å². The Morgan fingerprint density at radius 2 is 1.85 bits per heavy atom. The Labute approximate surface area is 131 Å². The second-order valence-corrected chi connectivity index (χ2v) is 6.98. The largest absolute Gasteiger partial charge is 0.378 e. The molecular formula is C15H17BrN2OS. The first-order chi connectivity index (χ1) is 9.58. The van der Waals surface area contributed by atoms with E-state index in [0.717, 1.165) is 15.2 Å². The van der Waals surface area contributed by atoms with Gasteiger partial charge in [-0.3, -0.25) is 4.79 Å². The highest BCUT2D eigenvalue weighted by Gasteiger charge is 2.08. The van der Waals surface area contributed by atoms with Crippen molar-refractivity contribution in [2.45, 2.75) is 26.3 Å². The molecule has 0 saturated carbocycles. The number of anilines is 2. The molecule has 0 aliphatic rings. The molecule has 0 aliphatic carbocycles. The number of hydrogen-bond donors (Lipinski definition) is 2. The zero-order valence-corrected chi connectivity index (χ0v) is 13.8. The number of amides is 1. The van der Waals surface area contributed by atoms with Gasteiger partial charge in [-0.15, -0.1) is 11.3 Å². The SMILES string of the molecule is CCC(=O)Nc1ccc(NC(C)c2ccc(Br)s2)cc1. The number of carbonyl (C=O) groups is 1. The van der Waals surface area contributed by atoms with Crippen LogP contribution in [0.5, 0.6) is 0 Å². The third-order valence-electron chi connectivity index (χ3n) is 2.89. The lowest BCUT2D eigenvalue weighted by molar-refractivity contribution is -0.115. The monoisotopic (exact) mass is 352 g/mol. The number of carbonyl (C=O) groups excluding carboxylic acids is 1. The Balaban J connectivity index is 1.98. The molecule has 0 radical (unpaired) electrons. The second kappa shape index (κ2) is 6.90. The van der Waals surface area contributed by atoms with Crippen molar-refractivity contribution in [1.82, 2.24) is 0 Å². The van der Waals surface area contributed by atoms with Gasteiger partial charge in [0.15, 0.2) is 0 Å². The molecule has 1 unspecified atom stereocenters. The molecule has 1 heterocycles. The standard InChI is InChI=1S/C15H17BrN2OS/c1-3-15(19)18-12-6-4-11(5-7-12)17-10(2)13-8-9-14(16)20-13/h4-10,17H,3H2,1-2H3,(H,18,19). The van der Waals surface area contributed by atoms with Gasteiger partial charge in [0.2, 0.25) is 5.91 Å². The van der Waals surface area contributed by atoms with Crippen molar-refractivity contribution in [3.8, 4) is 0 Å². The maximum absolute atomic E-state index is 11.3. The highest BCUT2D eigenvalue weighted by molar-refractivity contribution is 9.11. The van der Waals surface area contributed by atoms with Gasteiger partial charge in [-0.05, 0) is 59.3 Å². The lowest BCUT2D eigenvalue weighted by atomic mass is 10.2. The van der Waals surface area contributed by atoms with Crippen LogP contribution in [0.15, 0.2) is 40.2 Å².